The molecular weight excluding hydrogens is 268 g/mol. The maximum atomic E-state index is 12.1. The van der Waals surface area contributed by atoms with Gasteiger partial charge in [-0.2, -0.15) is 0 Å². The monoisotopic (exact) mass is 290 g/mol. The van der Waals surface area contributed by atoms with Gasteiger partial charge >= 0.3 is 5.97 Å². The molecule has 0 bridgehead atoms. The van der Waals surface area contributed by atoms with Gasteiger partial charge in [0.25, 0.3) is 0 Å². The van der Waals surface area contributed by atoms with Crippen LogP contribution in [0.3, 0.4) is 0 Å². The molecule has 2 N–H and O–H groups in total. The molecule has 2 unspecified atom stereocenters. The largest absolute Gasteiger partial charge is 0.468 e. The van der Waals surface area contributed by atoms with E-state index in [0.29, 0.717) is 5.92 Å². The van der Waals surface area contributed by atoms with E-state index in [1.54, 1.807) is 0 Å². The van der Waals surface area contributed by atoms with Gasteiger partial charge in [0, 0.05) is 12.5 Å². The van der Waals surface area contributed by atoms with Crippen LogP contribution in [0.4, 0.5) is 0 Å². The van der Waals surface area contributed by atoms with Crippen LogP contribution in [0.1, 0.15) is 18.4 Å². The van der Waals surface area contributed by atoms with E-state index in [0.717, 1.165) is 18.7 Å². The number of carbonyl (C=O) groups excluding carboxylic acids is 2. The molecule has 1 aliphatic heterocycles. The second-order valence-corrected chi connectivity index (χ2v) is 5.44. The first-order valence-electron chi connectivity index (χ1n) is 7.24. The first kappa shape index (κ1) is 15.5. The Hall–Kier alpha value is -1.88. The third kappa shape index (κ3) is 3.82. The van der Waals surface area contributed by atoms with Crippen LogP contribution in [0.5, 0.6) is 0 Å². The highest BCUT2D eigenvalue weighted by Crippen LogP contribution is 2.18. The Labute approximate surface area is 125 Å². The molecule has 1 amide bonds. The van der Waals surface area contributed by atoms with Crippen molar-refractivity contribution in [3.8, 4) is 0 Å². The summed E-state index contributed by atoms with van der Waals surface area (Å²) in [5.74, 6) is -0.462. The first-order valence-corrected chi connectivity index (χ1v) is 7.24. The van der Waals surface area contributed by atoms with Crippen LogP contribution in [0.2, 0.25) is 0 Å². The molecule has 21 heavy (non-hydrogen) atoms. The highest BCUT2D eigenvalue weighted by Gasteiger charge is 2.30. The Bertz CT molecular complexity index is 486. The van der Waals surface area contributed by atoms with Gasteiger partial charge in [-0.1, -0.05) is 37.3 Å². The summed E-state index contributed by atoms with van der Waals surface area (Å²) < 4.78 is 4.84. The van der Waals surface area contributed by atoms with Crippen molar-refractivity contribution < 1.29 is 14.3 Å². The van der Waals surface area contributed by atoms with Crippen molar-refractivity contribution in [1.82, 2.24) is 10.6 Å². The number of hydrogen-bond acceptors (Lipinski definition) is 4. The van der Waals surface area contributed by atoms with Crippen LogP contribution in [0.15, 0.2) is 30.3 Å². The van der Waals surface area contributed by atoms with Gasteiger partial charge in [0.1, 0.15) is 0 Å². The minimum Gasteiger partial charge on any atom is -0.468 e. The van der Waals surface area contributed by atoms with Crippen LogP contribution >= 0.6 is 0 Å². The second-order valence-electron chi connectivity index (χ2n) is 5.44. The molecule has 5 heteroatoms. The predicted molar refractivity (Wildman–Crippen MR) is 79.7 cm³/mol. The van der Waals surface area contributed by atoms with Crippen LogP contribution < -0.4 is 10.6 Å². The molecule has 0 aliphatic carbocycles. The molecule has 0 aromatic heterocycles. The maximum Gasteiger partial charge on any atom is 0.314 e. The quantitative estimate of drug-likeness (QED) is 0.764. The molecule has 1 heterocycles. The molecule has 114 valence electrons. The molecule has 1 fully saturated rings. The van der Waals surface area contributed by atoms with Gasteiger partial charge in [0.15, 0.2) is 0 Å². The summed E-state index contributed by atoms with van der Waals surface area (Å²) in [5.41, 5.74) is 0.850. The fraction of sp³-hybridized carbons (Fsp3) is 0.500. The summed E-state index contributed by atoms with van der Waals surface area (Å²) >= 11 is 0. The summed E-state index contributed by atoms with van der Waals surface area (Å²) in [6.45, 7) is 3.96. The van der Waals surface area contributed by atoms with E-state index in [1.165, 1.54) is 7.11 Å². The van der Waals surface area contributed by atoms with Crippen LogP contribution in [-0.4, -0.2) is 38.6 Å². The standard InChI is InChI=1S/C16H22N2O3/c1-11(13-8-17-9-13)15(19)18-10-14(16(20)21-2)12-6-4-3-5-7-12/h3-7,11,13-14,17H,8-10H2,1-2H3,(H,18,19). The lowest BCUT2D eigenvalue weighted by Crippen LogP contribution is -2.50. The molecule has 0 spiro atoms. The van der Waals surface area contributed by atoms with Crippen molar-refractivity contribution in [3.63, 3.8) is 0 Å². The number of rotatable bonds is 6. The zero-order valence-corrected chi connectivity index (χ0v) is 12.5. The summed E-state index contributed by atoms with van der Waals surface area (Å²) in [4.78, 5) is 24.0. The number of amides is 1. The SMILES string of the molecule is COC(=O)C(CNC(=O)C(C)C1CNC1)c1ccccc1. The van der Waals surface area contributed by atoms with E-state index in [1.807, 2.05) is 37.3 Å². The highest BCUT2D eigenvalue weighted by atomic mass is 16.5. The number of nitrogens with one attached hydrogen (secondary N) is 2. The van der Waals surface area contributed by atoms with Crippen molar-refractivity contribution >= 4 is 11.9 Å². The number of hydrogen-bond donors (Lipinski definition) is 2. The van der Waals surface area contributed by atoms with Gasteiger partial charge in [-0.15, -0.1) is 0 Å². The van der Waals surface area contributed by atoms with Crippen LogP contribution in [-0.2, 0) is 14.3 Å². The Morgan fingerprint density at radius 1 is 1.33 bits per heavy atom. The highest BCUT2D eigenvalue weighted by molar-refractivity contribution is 5.82. The van der Waals surface area contributed by atoms with E-state index in [4.69, 9.17) is 4.74 Å². The number of esters is 1. The van der Waals surface area contributed by atoms with Gasteiger partial charge in [-0.25, -0.2) is 0 Å². The third-order valence-electron chi connectivity index (χ3n) is 4.10. The second kappa shape index (κ2) is 7.22. The van der Waals surface area contributed by atoms with Crippen molar-refractivity contribution in [2.75, 3.05) is 26.7 Å². The molecule has 1 saturated heterocycles. The van der Waals surface area contributed by atoms with Crippen LogP contribution in [0.25, 0.3) is 0 Å². The average Bonchev–Trinajstić information content (AvgIpc) is 2.46. The Balaban J connectivity index is 1.96. The van der Waals surface area contributed by atoms with Crippen LogP contribution in [0, 0.1) is 11.8 Å². The Kier molecular flexibility index (Phi) is 5.33. The minimum absolute atomic E-state index is 0.00802. The Morgan fingerprint density at radius 3 is 2.52 bits per heavy atom. The number of methoxy groups -OCH3 is 1. The van der Waals surface area contributed by atoms with Crippen molar-refractivity contribution in [2.45, 2.75) is 12.8 Å². The summed E-state index contributed by atoms with van der Waals surface area (Å²) in [6.07, 6.45) is 0. The van der Waals surface area contributed by atoms with Crippen molar-refractivity contribution in [3.05, 3.63) is 35.9 Å². The lowest BCUT2D eigenvalue weighted by molar-refractivity contribution is -0.142. The minimum atomic E-state index is -0.466. The lowest BCUT2D eigenvalue weighted by Gasteiger charge is -2.32. The Morgan fingerprint density at radius 2 is 2.00 bits per heavy atom. The molecule has 0 saturated carbocycles. The number of ether oxygens (including phenoxy) is 1. The van der Waals surface area contributed by atoms with Crippen molar-refractivity contribution in [2.24, 2.45) is 11.8 Å². The van der Waals surface area contributed by atoms with Gasteiger partial charge in [0.05, 0.1) is 13.0 Å². The van der Waals surface area contributed by atoms with E-state index in [9.17, 15) is 9.59 Å². The summed E-state index contributed by atoms with van der Waals surface area (Å²) in [5, 5.41) is 6.04. The number of carbonyl (C=O) groups is 2. The zero-order chi connectivity index (χ0) is 15.2. The van der Waals surface area contributed by atoms with E-state index >= 15 is 0 Å². The third-order valence-corrected chi connectivity index (χ3v) is 4.10. The maximum absolute atomic E-state index is 12.1. The fourth-order valence-electron chi connectivity index (χ4n) is 2.41. The molecule has 2 rings (SSSR count). The van der Waals surface area contributed by atoms with E-state index in [-0.39, 0.29) is 24.3 Å². The molecule has 1 aromatic rings. The average molecular weight is 290 g/mol. The normalized spacial score (nSPS) is 17.4. The molecule has 5 nitrogen and oxygen atoms in total. The smallest absolute Gasteiger partial charge is 0.314 e. The topological polar surface area (TPSA) is 67.4 Å². The van der Waals surface area contributed by atoms with Gasteiger partial charge in [0.2, 0.25) is 5.91 Å². The van der Waals surface area contributed by atoms with Crippen molar-refractivity contribution in [1.29, 1.82) is 0 Å². The molecule has 1 aliphatic rings. The first-order chi connectivity index (χ1) is 10.1. The molecule has 1 aromatic carbocycles. The molecule has 2 atom stereocenters. The van der Waals surface area contributed by atoms with E-state index < -0.39 is 5.92 Å². The summed E-state index contributed by atoms with van der Waals surface area (Å²) in [7, 11) is 1.36. The molecule has 0 radical (unpaired) electrons. The van der Waals surface area contributed by atoms with Gasteiger partial charge in [-0.3, -0.25) is 9.59 Å². The fourth-order valence-corrected chi connectivity index (χ4v) is 2.41. The molecular formula is C16H22N2O3. The van der Waals surface area contributed by atoms with Gasteiger partial charge in [-0.05, 0) is 24.6 Å². The van der Waals surface area contributed by atoms with Gasteiger partial charge < -0.3 is 15.4 Å². The zero-order valence-electron chi connectivity index (χ0n) is 12.5. The predicted octanol–water partition coefficient (Wildman–Crippen LogP) is 0.915. The lowest BCUT2D eigenvalue weighted by atomic mass is 9.88. The summed E-state index contributed by atoms with van der Waals surface area (Å²) in [6, 6.07) is 9.37. The van der Waals surface area contributed by atoms with E-state index in [2.05, 4.69) is 10.6 Å². The number of benzene rings is 1.